The van der Waals surface area contributed by atoms with Crippen LogP contribution in [0.2, 0.25) is 0 Å². The van der Waals surface area contributed by atoms with E-state index in [-0.39, 0.29) is 11.8 Å². The van der Waals surface area contributed by atoms with Gasteiger partial charge in [-0.3, -0.25) is 4.79 Å². The van der Waals surface area contributed by atoms with Crippen LogP contribution in [0.15, 0.2) is 18.2 Å². The van der Waals surface area contributed by atoms with Crippen molar-refractivity contribution in [3.63, 3.8) is 0 Å². The number of aromatic nitrogens is 2. The number of imidazole rings is 1. The van der Waals surface area contributed by atoms with Gasteiger partial charge in [-0.1, -0.05) is 13.0 Å². The van der Waals surface area contributed by atoms with Crippen molar-refractivity contribution in [1.29, 1.82) is 0 Å². The van der Waals surface area contributed by atoms with Crippen molar-refractivity contribution in [1.82, 2.24) is 15.3 Å². The molecule has 6 heteroatoms. The molecule has 1 amide bonds. The summed E-state index contributed by atoms with van der Waals surface area (Å²) < 4.78 is 0. The third-order valence-electron chi connectivity index (χ3n) is 4.83. The highest BCUT2D eigenvalue weighted by Gasteiger charge is 2.27. The topological polar surface area (TPSA) is 61.0 Å². The first-order chi connectivity index (χ1) is 12.7. The first-order valence-corrected chi connectivity index (χ1v) is 10.9. The lowest BCUT2D eigenvalue weighted by atomic mass is 9.97. The Labute approximate surface area is 160 Å². The molecule has 1 saturated heterocycles. The molecular formula is C20H30N4OS. The SMILES string of the molecule is CCCSCCCNC(=O)[C@@H]1CCCN(c2nc3ccc(C)cc3[nH]2)C1. The fraction of sp³-hybridized carbons (Fsp3) is 0.600. The minimum Gasteiger partial charge on any atom is -0.356 e. The number of rotatable bonds is 8. The van der Waals surface area contributed by atoms with Crippen molar-refractivity contribution >= 4 is 34.7 Å². The van der Waals surface area contributed by atoms with Crippen molar-refractivity contribution in [3.05, 3.63) is 23.8 Å². The number of amides is 1. The quantitative estimate of drug-likeness (QED) is 0.691. The summed E-state index contributed by atoms with van der Waals surface area (Å²) in [5, 5.41) is 3.13. The van der Waals surface area contributed by atoms with Gasteiger partial charge in [-0.2, -0.15) is 11.8 Å². The Morgan fingerprint density at radius 3 is 3.15 bits per heavy atom. The molecule has 2 aromatic rings. The molecule has 1 atom stereocenters. The lowest BCUT2D eigenvalue weighted by Gasteiger charge is -2.31. The Balaban J connectivity index is 1.52. The monoisotopic (exact) mass is 374 g/mol. The highest BCUT2D eigenvalue weighted by Crippen LogP contribution is 2.24. The molecule has 0 radical (unpaired) electrons. The molecule has 0 saturated carbocycles. The largest absolute Gasteiger partial charge is 0.356 e. The molecule has 1 aliphatic rings. The van der Waals surface area contributed by atoms with Crippen molar-refractivity contribution in [2.75, 3.05) is 36.0 Å². The molecule has 5 nitrogen and oxygen atoms in total. The predicted molar refractivity (Wildman–Crippen MR) is 111 cm³/mol. The Morgan fingerprint density at radius 2 is 2.31 bits per heavy atom. The van der Waals surface area contributed by atoms with Crippen LogP contribution >= 0.6 is 11.8 Å². The van der Waals surface area contributed by atoms with Gasteiger partial charge in [0.1, 0.15) is 0 Å². The summed E-state index contributed by atoms with van der Waals surface area (Å²) in [5.41, 5.74) is 3.28. The van der Waals surface area contributed by atoms with Gasteiger partial charge >= 0.3 is 0 Å². The molecule has 26 heavy (non-hydrogen) atoms. The van der Waals surface area contributed by atoms with Crippen LogP contribution in [-0.4, -0.2) is 47.0 Å². The van der Waals surface area contributed by atoms with Crippen molar-refractivity contribution in [2.24, 2.45) is 5.92 Å². The van der Waals surface area contributed by atoms with E-state index in [0.717, 1.165) is 61.6 Å². The Bertz CT molecular complexity index is 730. The molecular weight excluding hydrogens is 344 g/mol. The summed E-state index contributed by atoms with van der Waals surface area (Å²) in [5.74, 6) is 3.48. The van der Waals surface area contributed by atoms with Crippen LogP contribution in [0, 0.1) is 12.8 Å². The zero-order valence-corrected chi connectivity index (χ0v) is 16.7. The van der Waals surface area contributed by atoms with E-state index in [1.54, 1.807) is 0 Å². The number of fused-ring (bicyclic) bond motifs is 1. The van der Waals surface area contributed by atoms with Gasteiger partial charge in [0, 0.05) is 19.6 Å². The van der Waals surface area contributed by atoms with E-state index in [4.69, 9.17) is 4.98 Å². The van der Waals surface area contributed by atoms with Gasteiger partial charge in [-0.15, -0.1) is 0 Å². The smallest absolute Gasteiger partial charge is 0.224 e. The van der Waals surface area contributed by atoms with E-state index < -0.39 is 0 Å². The number of thioether (sulfide) groups is 1. The minimum absolute atomic E-state index is 0.0574. The van der Waals surface area contributed by atoms with Crippen molar-refractivity contribution < 1.29 is 4.79 Å². The van der Waals surface area contributed by atoms with Crippen LogP contribution in [-0.2, 0) is 4.79 Å². The number of H-pyrrole nitrogens is 1. The van der Waals surface area contributed by atoms with Crippen LogP contribution in [0.25, 0.3) is 11.0 Å². The second kappa shape index (κ2) is 9.31. The Kier molecular flexibility index (Phi) is 6.83. The zero-order valence-electron chi connectivity index (χ0n) is 15.9. The molecule has 2 N–H and O–H groups in total. The highest BCUT2D eigenvalue weighted by molar-refractivity contribution is 7.99. The van der Waals surface area contributed by atoms with Gasteiger partial charge in [-0.25, -0.2) is 4.98 Å². The normalized spacial score (nSPS) is 17.6. The molecule has 1 aromatic carbocycles. The molecule has 0 unspecified atom stereocenters. The van der Waals surface area contributed by atoms with Gasteiger partial charge in [0.05, 0.1) is 17.0 Å². The maximum absolute atomic E-state index is 12.5. The summed E-state index contributed by atoms with van der Waals surface area (Å²) in [4.78, 5) is 22.9. The Morgan fingerprint density at radius 1 is 1.42 bits per heavy atom. The fourth-order valence-electron chi connectivity index (χ4n) is 3.42. The zero-order chi connectivity index (χ0) is 18.4. The molecule has 3 rings (SSSR count). The number of nitrogens with zero attached hydrogens (tertiary/aromatic N) is 2. The number of piperidine rings is 1. The molecule has 142 valence electrons. The van der Waals surface area contributed by atoms with Gasteiger partial charge in [-0.05, 0) is 61.8 Å². The highest BCUT2D eigenvalue weighted by atomic mass is 32.2. The van der Waals surface area contributed by atoms with Gasteiger partial charge in [0.2, 0.25) is 11.9 Å². The number of hydrogen-bond donors (Lipinski definition) is 2. The van der Waals surface area contributed by atoms with E-state index in [2.05, 4.69) is 47.2 Å². The average molecular weight is 375 g/mol. The van der Waals surface area contributed by atoms with Crippen LogP contribution in [0.1, 0.15) is 38.2 Å². The number of benzene rings is 1. The molecule has 1 aromatic heterocycles. The summed E-state index contributed by atoms with van der Waals surface area (Å²) in [7, 11) is 0. The Hall–Kier alpha value is -1.69. The number of nitrogens with one attached hydrogen (secondary N) is 2. The molecule has 2 heterocycles. The number of anilines is 1. The van der Waals surface area contributed by atoms with E-state index in [1.165, 1.54) is 17.7 Å². The van der Waals surface area contributed by atoms with Gasteiger partial charge in [0.15, 0.2) is 0 Å². The van der Waals surface area contributed by atoms with E-state index in [0.29, 0.717) is 0 Å². The van der Waals surface area contributed by atoms with Crippen LogP contribution in [0.4, 0.5) is 5.95 Å². The molecule has 0 spiro atoms. The second-order valence-corrected chi connectivity index (χ2v) is 8.35. The van der Waals surface area contributed by atoms with Gasteiger partial charge in [0.25, 0.3) is 0 Å². The second-order valence-electron chi connectivity index (χ2n) is 7.12. The van der Waals surface area contributed by atoms with Crippen LogP contribution in [0.5, 0.6) is 0 Å². The lowest BCUT2D eigenvalue weighted by molar-refractivity contribution is -0.125. The maximum Gasteiger partial charge on any atom is 0.224 e. The fourth-order valence-corrected chi connectivity index (χ4v) is 4.26. The van der Waals surface area contributed by atoms with Gasteiger partial charge < -0.3 is 15.2 Å². The number of carbonyl (C=O) groups is 1. The predicted octanol–water partition coefficient (Wildman–Crippen LogP) is 3.74. The van der Waals surface area contributed by atoms with E-state index in [9.17, 15) is 4.79 Å². The van der Waals surface area contributed by atoms with Crippen LogP contribution < -0.4 is 10.2 Å². The third kappa shape index (κ3) is 4.93. The van der Waals surface area contributed by atoms with Crippen molar-refractivity contribution in [2.45, 2.75) is 39.5 Å². The van der Waals surface area contributed by atoms with Crippen LogP contribution in [0.3, 0.4) is 0 Å². The first kappa shape index (κ1) is 19.1. The number of aromatic amines is 1. The maximum atomic E-state index is 12.5. The lowest BCUT2D eigenvalue weighted by Crippen LogP contribution is -2.43. The number of hydrogen-bond acceptors (Lipinski definition) is 4. The van der Waals surface area contributed by atoms with E-state index >= 15 is 0 Å². The molecule has 1 fully saturated rings. The average Bonchev–Trinajstić information content (AvgIpc) is 3.07. The molecule has 0 aliphatic carbocycles. The van der Waals surface area contributed by atoms with Crippen molar-refractivity contribution in [3.8, 4) is 0 Å². The van der Waals surface area contributed by atoms with E-state index in [1.807, 2.05) is 11.8 Å². The summed E-state index contributed by atoms with van der Waals surface area (Å²) in [6, 6.07) is 6.25. The number of aryl methyl sites for hydroxylation is 1. The molecule has 1 aliphatic heterocycles. The molecule has 0 bridgehead atoms. The third-order valence-corrected chi connectivity index (χ3v) is 6.10. The minimum atomic E-state index is 0.0574. The number of carbonyl (C=O) groups excluding carboxylic acids is 1. The first-order valence-electron chi connectivity index (χ1n) is 9.74. The standard InChI is InChI=1S/C20H30N4OS/c1-3-11-26-12-5-9-21-19(25)16-6-4-10-24(14-16)20-22-17-8-7-15(2)13-18(17)23-20/h7-8,13,16H,3-6,9-12,14H2,1-2H3,(H,21,25)(H,22,23)/t16-/m1/s1. The summed E-state index contributed by atoms with van der Waals surface area (Å²) in [6.45, 7) is 6.77. The summed E-state index contributed by atoms with van der Waals surface area (Å²) >= 11 is 1.97. The summed E-state index contributed by atoms with van der Waals surface area (Å²) in [6.07, 6.45) is 4.26.